The van der Waals surface area contributed by atoms with Crippen LogP contribution in [0, 0.1) is 5.92 Å². The smallest absolute Gasteiger partial charge is 0.218 e. The number of nitrogens with zero attached hydrogens (tertiary/aromatic N) is 1. The minimum absolute atomic E-state index is 0.241. The topological polar surface area (TPSA) is 21.6 Å². The second-order valence-electron chi connectivity index (χ2n) is 4.18. The normalized spacial score (nSPS) is 19.8. The van der Waals surface area contributed by atoms with Crippen LogP contribution >= 0.6 is 27.5 Å². The van der Waals surface area contributed by atoms with E-state index in [9.17, 15) is 0 Å². The lowest BCUT2D eigenvalue weighted by Crippen LogP contribution is -2.13. The molecule has 1 aromatic carbocycles. The predicted octanol–water partition coefficient (Wildman–Crippen LogP) is 3.90. The molecule has 0 fully saturated rings. The Labute approximate surface area is 109 Å². The quantitative estimate of drug-likeness (QED) is 0.812. The first kappa shape index (κ1) is 11.9. The van der Waals surface area contributed by atoms with E-state index < -0.39 is 0 Å². The second kappa shape index (κ2) is 4.76. The number of hydrogen-bond donors (Lipinski definition) is 0. The molecule has 2 rings (SSSR count). The second-order valence-corrected chi connectivity index (χ2v) is 5.50. The van der Waals surface area contributed by atoms with Gasteiger partial charge >= 0.3 is 0 Å². The van der Waals surface area contributed by atoms with Crippen LogP contribution in [-0.4, -0.2) is 18.5 Å². The maximum atomic E-state index is 6.12. The minimum Gasteiger partial charge on any atom is -0.475 e. The molecule has 0 saturated heterocycles. The van der Waals surface area contributed by atoms with Gasteiger partial charge in [0.15, 0.2) is 0 Å². The van der Waals surface area contributed by atoms with Gasteiger partial charge in [-0.2, -0.15) is 0 Å². The van der Waals surface area contributed by atoms with Crippen LogP contribution in [0.2, 0.25) is 5.02 Å². The monoisotopic (exact) mass is 301 g/mol. The standard InChI is InChI=1S/C12H13BrClNO/c1-7(2)11-6-16-12(15-11)9-5-8(13)3-4-10(9)14/h3-5,7,11H,6H2,1-2H3/t11-/m0/s1. The Morgan fingerprint density at radius 2 is 2.25 bits per heavy atom. The Morgan fingerprint density at radius 3 is 2.88 bits per heavy atom. The zero-order valence-electron chi connectivity index (χ0n) is 9.21. The predicted molar refractivity (Wildman–Crippen MR) is 70.3 cm³/mol. The van der Waals surface area contributed by atoms with E-state index in [1.54, 1.807) is 0 Å². The van der Waals surface area contributed by atoms with Gasteiger partial charge in [-0.05, 0) is 24.1 Å². The van der Waals surface area contributed by atoms with Crippen LogP contribution in [0.15, 0.2) is 27.7 Å². The average Bonchev–Trinajstić information content (AvgIpc) is 2.70. The highest BCUT2D eigenvalue weighted by Crippen LogP contribution is 2.25. The fourth-order valence-electron chi connectivity index (χ4n) is 1.54. The number of ether oxygens (including phenoxy) is 1. The van der Waals surface area contributed by atoms with Crippen LogP contribution in [0.1, 0.15) is 19.4 Å². The number of rotatable bonds is 2. The molecule has 4 heteroatoms. The Hall–Kier alpha value is -0.540. The summed E-state index contributed by atoms with van der Waals surface area (Å²) in [6.07, 6.45) is 0. The Morgan fingerprint density at radius 1 is 1.50 bits per heavy atom. The fraction of sp³-hybridized carbons (Fsp3) is 0.417. The van der Waals surface area contributed by atoms with Crippen LogP contribution in [0.4, 0.5) is 0 Å². The molecule has 16 heavy (non-hydrogen) atoms. The first-order chi connectivity index (χ1) is 7.58. The lowest BCUT2D eigenvalue weighted by Gasteiger charge is -2.06. The van der Waals surface area contributed by atoms with Crippen LogP contribution < -0.4 is 0 Å². The van der Waals surface area contributed by atoms with Gasteiger partial charge in [0.2, 0.25) is 5.90 Å². The molecule has 1 aliphatic heterocycles. The summed E-state index contributed by atoms with van der Waals surface area (Å²) in [5, 5.41) is 0.673. The molecule has 1 atom stereocenters. The molecular formula is C12H13BrClNO. The highest BCUT2D eigenvalue weighted by molar-refractivity contribution is 9.10. The SMILES string of the molecule is CC(C)[C@@H]1COC(c2cc(Br)ccc2Cl)=N1. The van der Waals surface area contributed by atoms with E-state index in [0.717, 1.165) is 10.0 Å². The summed E-state index contributed by atoms with van der Waals surface area (Å²) < 4.78 is 6.57. The Balaban J connectivity index is 2.32. The lowest BCUT2D eigenvalue weighted by atomic mass is 10.1. The summed E-state index contributed by atoms with van der Waals surface area (Å²) in [6, 6.07) is 5.92. The average molecular weight is 303 g/mol. The number of halogens is 2. The summed E-state index contributed by atoms with van der Waals surface area (Å²) in [4.78, 5) is 4.55. The lowest BCUT2D eigenvalue weighted by molar-refractivity contribution is 0.292. The summed E-state index contributed by atoms with van der Waals surface area (Å²) in [7, 11) is 0. The molecule has 2 nitrogen and oxygen atoms in total. The summed E-state index contributed by atoms with van der Waals surface area (Å²) in [6.45, 7) is 4.93. The number of hydrogen-bond acceptors (Lipinski definition) is 2. The van der Waals surface area contributed by atoms with Gasteiger partial charge < -0.3 is 4.74 Å². The minimum atomic E-state index is 0.241. The third-order valence-electron chi connectivity index (χ3n) is 2.60. The maximum Gasteiger partial charge on any atom is 0.218 e. The summed E-state index contributed by atoms with van der Waals surface area (Å²) in [5.74, 6) is 1.15. The van der Waals surface area contributed by atoms with E-state index in [-0.39, 0.29) is 6.04 Å². The summed E-state index contributed by atoms with van der Waals surface area (Å²) in [5.41, 5.74) is 0.860. The molecule has 1 aliphatic rings. The number of benzene rings is 1. The van der Waals surface area contributed by atoms with Crippen molar-refractivity contribution in [3.8, 4) is 0 Å². The van der Waals surface area contributed by atoms with Crippen molar-refractivity contribution < 1.29 is 4.74 Å². The largest absolute Gasteiger partial charge is 0.475 e. The van der Waals surface area contributed by atoms with Crippen molar-refractivity contribution in [1.82, 2.24) is 0 Å². The maximum absolute atomic E-state index is 6.12. The fourth-order valence-corrected chi connectivity index (χ4v) is 2.10. The molecule has 0 saturated carbocycles. The van der Waals surface area contributed by atoms with Gasteiger partial charge in [-0.15, -0.1) is 0 Å². The van der Waals surface area contributed by atoms with Crippen LogP contribution in [0.3, 0.4) is 0 Å². The highest BCUT2D eigenvalue weighted by Gasteiger charge is 2.24. The molecule has 1 heterocycles. The molecule has 0 amide bonds. The van der Waals surface area contributed by atoms with E-state index in [1.807, 2.05) is 18.2 Å². The molecule has 0 spiro atoms. The molecular weight excluding hydrogens is 289 g/mol. The van der Waals surface area contributed by atoms with Crippen LogP contribution in [0.5, 0.6) is 0 Å². The molecule has 0 aromatic heterocycles. The Bertz CT molecular complexity index is 431. The van der Waals surface area contributed by atoms with Crippen molar-refractivity contribution in [2.45, 2.75) is 19.9 Å². The summed E-state index contributed by atoms with van der Waals surface area (Å²) >= 11 is 9.54. The molecule has 0 unspecified atom stereocenters. The van der Waals surface area contributed by atoms with Gasteiger partial charge in [0, 0.05) is 4.47 Å². The van der Waals surface area contributed by atoms with Crippen molar-refractivity contribution in [2.24, 2.45) is 10.9 Å². The highest BCUT2D eigenvalue weighted by atomic mass is 79.9. The van der Waals surface area contributed by atoms with Gasteiger partial charge in [-0.25, -0.2) is 4.99 Å². The van der Waals surface area contributed by atoms with Gasteiger partial charge in [0.25, 0.3) is 0 Å². The van der Waals surface area contributed by atoms with Crippen molar-refractivity contribution in [3.05, 3.63) is 33.3 Å². The van der Waals surface area contributed by atoms with E-state index in [0.29, 0.717) is 23.4 Å². The Kier molecular flexibility index (Phi) is 3.55. The molecule has 0 aliphatic carbocycles. The van der Waals surface area contributed by atoms with Crippen molar-refractivity contribution in [3.63, 3.8) is 0 Å². The van der Waals surface area contributed by atoms with E-state index in [4.69, 9.17) is 16.3 Å². The molecule has 0 N–H and O–H groups in total. The first-order valence-corrected chi connectivity index (χ1v) is 6.41. The zero-order valence-corrected chi connectivity index (χ0v) is 11.5. The van der Waals surface area contributed by atoms with Crippen LogP contribution in [0.25, 0.3) is 0 Å². The third kappa shape index (κ3) is 2.41. The van der Waals surface area contributed by atoms with Gasteiger partial charge in [0.05, 0.1) is 16.6 Å². The van der Waals surface area contributed by atoms with Crippen molar-refractivity contribution in [2.75, 3.05) is 6.61 Å². The molecule has 0 bridgehead atoms. The van der Waals surface area contributed by atoms with E-state index in [1.165, 1.54) is 0 Å². The van der Waals surface area contributed by atoms with E-state index >= 15 is 0 Å². The van der Waals surface area contributed by atoms with Gasteiger partial charge in [-0.1, -0.05) is 41.4 Å². The van der Waals surface area contributed by atoms with Crippen molar-refractivity contribution in [1.29, 1.82) is 0 Å². The number of aliphatic imine (C=N–C) groups is 1. The molecule has 1 aromatic rings. The molecule has 0 radical (unpaired) electrons. The van der Waals surface area contributed by atoms with Gasteiger partial charge in [0.1, 0.15) is 6.61 Å². The van der Waals surface area contributed by atoms with Crippen molar-refractivity contribution >= 4 is 33.4 Å². The first-order valence-electron chi connectivity index (χ1n) is 5.24. The third-order valence-corrected chi connectivity index (χ3v) is 3.43. The zero-order chi connectivity index (χ0) is 11.7. The molecule has 86 valence electrons. The van der Waals surface area contributed by atoms with E-state index in [2.05, 4.69) is 34.8 Å². The van der Waals surface area contributed by atoms with Crippen LogP contribution in [-0.2, 0) is 4.74 Å². The van der Waals surface area contributed by atoms with Gasteiger partial charge in [-0.3, -0.25) is 0 Å².